The number of fused-ring (bicyclic) bond motifs is 1. The van der Waals surface area contributed by atoms with Gasteiger partial charge in [0.2, 0.25) is 0 Å². The molecule has 1 aliphatic rings. The van der Waals surface area contributed by atoms with Crippen LogP contribution < -0.4 is 26.2 Å². The average Bonchev–Trinajstić information content (AvgIpc) is 3.63. The Morgan fingerprint density at radius 1 is 0.977 bits per heavy atom. The van der Waals surface area contributed by atoms with Gasteiger partial charge in [0.1, 0.15) is 8.55 Å². The quantitative estimate of drug-likeness (QED) is 0.203. The molecular weight excluding hydrogens is 635 g/mol. The standard InChI is InChI=1S/C28H28Cl2N6O5S2/c1-31-18-6-9-20-21(14-18)22(26(37)32-10-13-35-11-2-3-12-35)16-36(27(20)38)19-7-4-17(5-8-19)33-28(39)34-43(40,41)24-15-23(29)25(30)42-24/h4-9,14-16,31H,2-3,10-13H2,1H3,(H,32,37)(H2,33,34,39). The maximum absolute atomic E-state index is 13.5. The largest absolute Gasteiger partial charge is 0.388 e. The molecule has 0 bridgehead atoms. The Hall–Kier alpha value is -3.62. The number of carbonyl (C=O) groups is 2. The van der Waals surface area contributed by atoms with E-state index in [0.717, 1.165) is 55.6 Å². The number of anilines is 2. The molecule has 11 nitrogen and oxygen atoms in total. The highest BCUT2D eigenvalue weighted by Gasteiger charge is 2.22. The first kappa shape index (κ1) is 30.8. The van der Waals surface area contributed by atoms with Gasteiger partial charge in [-0.25, -0.2) is 17.9 Å². The monoisotopic (exact) mass is 662 g/mol. The number of hydrogen-bond donors (Lipinski definition) is 4. The first-order chi connectivity index (χ1) is 20.6. The number of rotatable bonds is 9. The van der Waals surface area contributed by atoms with Crippen LogP contribution >= 0.6 is 34.5 Å². The number of likely N-dealkylation sites (tertiary alicyclic amines) is 1. The average molecular weight is 664 g/mol. The summed E-state index contributed by atoms with van der Waals surface area (Å²) in [4.78, 5) is 41.6. The zero-order chi connectivity index (χ0) is 30.7. The molecule has 4 aromatic rings. The summed E-state index contributed by atoms with van der Waals surface area (Å²) >= 11 is 12.4. The summed E-state index contributed by atoms with van der Waals surface area (Å²) in [5.74, 6) is -0.296. The van der Waals surface area contributed by atoms with E-state index in [9.17, 15) is 22.8 Å². The SMILES string of the molecule is CNc1ccc2c(=O)n(-c3ccc(NC(=O)NS(=O)(=O)c4cc(Cl)c(Cl)s4)cc3)cc(C(=O)NCCN3CCCC3)c2c1. The van der Waals surface area contributed by atoms with Crippen molar-refractivity contribution in [2.75, 3.05) is 43.9 Å². The van der Waals surface area contributed by atoms with Crippen molar-refractivity contribution in [1.29, 1.82) is 0 Å². The molecule has 3 heterocycles. The predicted octanol–water partition coefficient (Wildman–Crippen LogP) is 4.74. The number of nitrogens with zero attached hydrogens (tertiary/aromatic N) is 2. The van der Waals surface area contributed by atoms with Gasteiger partial charge < -0.3 is 20.9 Å². The molecule has 1 aliphatic heterocycles. The number of amides is 3. The molecule has 1 fully saturated rings. The summed E-state index contributed by atoms with van der Waals surface area (Å²) in [7, 11) is -2.43. The van der Waals surface area contributed by atoms with Crippen LogP contribution in [-0.2, 0) is 10.0 Å². The number of hydrogen-bond acceptors (Lipinski definition) is 8. The van der Waals surface area contributed by atoms with Crippen LogP contribution in [0.2, 0.25) is 9.36 Å². The Labute approximate surface area is 261 Å². The highest BCUT2D eigenvalue weighted by molar-refractivity contribution is 7.92. The number of sulfonamides is 1. The van der Waals surface area contributed by atoms with Crippen molar-refractivity contribution in [2.24, 2.45) is 0 Å². The van der Waals surface area contributed by atoms with Crippen molar-refractivity contribution in [3.8, 4) is 5.69 Å². The fourth-order valence-corrected chi connectivity index (χ4v) is 7.58. The summed E-state index contributed by atoms with van der Waals surface area (Å²) in [5, 5.41) is 9.44. The van der Waals surface area contributed by atoms with E-state index in [0.29, 0.717) is 28.6 Å². The highest BCUT2D eigenvalue weighted by Crippen LogP contribution is 2.34. The Bertz CT molecular complexity index is 1830. The lowest BCUT2D eigenvalue weighted by Gasteiger charge is -2.16. The second-order valence-electron chi connectivity index (χ2n) is 9.83. The second-order valence-corrected chi connectivity index (χ2v) is 13.8. The number of halogens is 2. The molecule has 0 spiro atoms. The fraction of sp³-hybridized carbons (Fsp3) is 0.250. The molecule has 15 heteroatoms. The fourth-order valence-electron chi connectivity index (χ4n) is 4.79. The summed E-state index contributed by atoms with van der Waals surface area (Å²) < 4.78 is 28.1. The van der Waals surface area contributed by atoms with Crippen LogP contribution in [0.15, 0.2) is 63.7 Å². The molecule has 4 N–H and O–H groups in total. The molecule has 1 saturated heterocycles. The third kappa shape index (κ3) is 6.97. The Morgan fingerprint density at radius 3 is 2.33 bits per heavy atom. The molecule has 2 aromatic heterocycles. The number of benzene rings is 2. The van der Waals surface area contributed by atoms with Crippen LogP contribution in [0.1, 0.15) is 23.2 Å². The zero-order valence-corrected chi connectivity index (χ0v) is 26.1. The van der Waals surface area contributed by atoms with Crippen LogP contribution in [-0.4, -0.2) is 63.0 Å². The van der Waals surface area contributed by atoms with E-state index >= 15 is 0 Å². The minimum Gasteiger partial charge on any atom is -0.388 e. The lowest BCUT2D eigenvalue weighted by atomic mass is 10.1. The Kier molecular flexibility index (Phi) is 9.28. The smallest absolute Gasteiger partial charge is 0.333 e. The Morgan fingerprint density at radius 2 is 1.67 bits per heavy atom. The third-order valence-corrected chi connectivity index (χ3v) is 10.7. The molecule has 0 aliphatic carbocycles. The number of nitrogens with one attached hydrogen (secondary N) is 4. The van der Waals surface area contributed by atoms with E-state index in [2.05, 4.69) is 20.9 Å². The van der Waals surface area contributed by atoms with Gasteiger partial charge in [0.05, 0.1) is 10.6 Å². The van der Waals surface area contributed by atoms with Gasteiger partial charge in [0.15, 0.2) is 0 Å². The van der Waals surface area contributed by atoms with Crippen LogP contribution in [0.5, 0.6) is 0 Å². The van der Waals surface area contributed by atoms with E-state index < -0.39 is 16.1 Å². The molecule has 43 heavy (non-hydrogen) atoms. The number of carbonyl (C=O) groups excluding carboxylic acids is 2. The van der Waals surface area contributed by atoms with Gasteiger partial charge in [0, 0.05) is 54.2 Å². The van der Waals surface area contributed by atoms with E-state index in [4.69, 9.17) is 23.2 Å². The lowest BCUT2D eigenvalue weighted by molar-refractivity contribution is 0.0951. The van der Waals surface area contributed by atoms with Crippen LogP contribution in [0.4, 0.5) is 16.2 Å². The zero-order valence-electron chi connectivity index (χ0n) is 22.9. The molecule has 226 valence electrons. The van der Waals surface area contributed by atoms with Gasteiger partial charge in [-0.3, -0.25) is 14.2 Å². The maximum atomic E-state index is 13.5. The van der Waals surface area contributed by atoms with Gasteiger partial charge in [-0.05, 0) is 74.5 Å². The molecular formula is C28H28Cl2N6O5S2. The highest BCUT2D eigenvalue weighted by atomic mass is 35.5. The van der Waals surface area contributed by atoms with Crippen LogP contribution in [0, 0.1) is 0 Å². The molecule has 0 unspecified atom stereocenters. The predicted molar refractivity (Wildman–Crippen MR) is 171 cm³/mol. The van der Waals surface area contributed by atoms with Gasteiger partial charge in [-0.1, -0.05) is 23.2 Å². The van der Waals surface area contributed by atoms with Crippen molar-refractivity contribution in [3.63, 3.8) is 0 Å². The van der Waals surface area contributed by atoms with Crippen molar-refractivity contribution in [3.05, 3.63) is 80.0 Å². The maximum Gasteiger partial charge on any atom is 0.333 e. The van der Waals surface area contributed by atoms with Crippen molar-refractivity contribution in [1.82, 2.24) is 19.5 Å². The first-order valence-electron chi connectivity index (χ1n) is 13.3. The van der Waals surface area contributed by atoms with Crippen molar-refractivity contribution < 1.29 is 18.0 Å². The van der Waals surface area contributed by atoms with Gasteiger partial charge in [-0.15, -0.1) is 11.3 Å². The minimum absolute atomic E-state index is 0.0668. The number of thiophene rings is 1. The van der Waals surface area contributed by atoms with E-state index in [-0.39, 0.29) is 30.7 Å². The van der Waals surface area contributed by atoms with Gasteiger partial charge in [-0.2, -0.15) is 0 Å². The number of pyridine rings is 1. The molecule has 3 amide bonds. The summed E-state index contributed by atoms with van der Waals surface area (Å²) in [6.07, 6.45) is 3.83. The van der Waals surface area contributed by atoms with E-state index in [1.54, 1.807) is 37.4 Å². The summed E-state index contributed by atoms with van der Waals surface area (Å²) in [6.45, 7) is 3.28. The second kappa shape index (κ2) is 12.9. The van der Waals surface area contributed by atoms with Crippen molar-refractivity contribution in [2.45, 2.75) is 17.1 Å². The number of urea groups is 1. The van der Waals surface area contributed by atoms with E-state index in [1.807, 2.05) is 4.72 Å². The minimum atomic E-state index is -4.19. The lowest BCUT2D eigenvalue weighted by Crippen LogP contribution is -2.34. The molecule has 0 radical (unpaired) electrons. The van der Waals surface area contributed by atoms with Gasteiger partial charge in [0.25, 0.3) is 21.5 Å². The molecule has 2 aromatic carbocycles. The van der Waals surface area contributed by atoms with Gasteiger partial charge >= 0.3 is 6.03 Å². The first-order valence-corrected chi connectivity index (χ1v) is 16.4. The van der Waals surface area contributed by atoms with Crippen LogP contribution in [0.25, 0.3) is 16.5 Å². The third-order valence-electron chi connectivity index (χ3n) is 6.98. The Balaban J connectivity index is 1.37. The topological polar surface area (TPSA) is 142 Å². The number of aromatic nitrogens is 1. The molecule has 5 rings (SSSR count). The normalized spacial score (nSPS) is 13.7. The van der Waals surface area contributed by atoms with E-state index in [1.165, 1.54) is 22.9 Å². The van der Waals surface area contributed by atoms with Crippen molar-refractivity contribution >= 4 is 78.6 Å². The molecule has 0 saturated carbocycles. The van der Waals surface area contributed by atoms with Crippen LogP contribution in [0.3, 0.4) is 0 Å². The summed E-state index contributed by atoms with van der Waals surface area (Å²) in [5.41, 5.74) is 1.48. The molecule has 0 atom stereocenters. The summed E-state index contributed by atoms with van der Waals surface area (Å²) in [6, 6.07) is 11.5.